The summed E-state index contributed by atoms with van der Waals surface area (Å²) in [6, 6.07) is 9.46. The lowest BCUT2D eigenvalue weighted by Crippen LogP contribution is -2.24. The molecule has 0 radical (unpaired) electrons. The topological polar surface area (TPSA) is 71.3 Å². The summed E-state index contributed by atoms with van der Waals surface area (Å²) < 4.78 is 3.26. The van der Waals surface area contributed by atoms with E-state index in [0.717, 1.165) is 59.5 Å². The minimum atomic E-state index is -0.292. The molecule has 0 saturated carbocycles. The van der Waals surface area contributed by atoms with Crippen molar-refractivity contribution in [2.45, 2.75) is 26.7 Å². The maximum Gasteiger partial charge on any atom is 0.328 e. The van der Waals surface area contributed by atoms with Gasteiger partial charge in [-0.1, -0.05) is 12.1 Å². The van der Waals surface area contributed by atoms with Crippen molar-refractivity contribution in [1.29, 1.82) is 0 Å². The molecular weight excluding hydrogens is 366 g/mol. The van der Waals surface area contributed by atoms with Crippen LogP contribution in [0.1, 0.15) is 24.0 Å². The van der Waals surface area contributed by atoms with Crippen molar-refractivity contribution in [3.8, 4) is 0 Å². The zero-order valence-corrected chi connectivity index (χ0v) is 17.4. The van der Waals surface area contributed by atoms with Crippen LogP contribution in [0.25, 0.3) is 11.0 Å². The van der Waals surface area contributed by atoms with Gasteiger partial charge in [0, 0.05) is 32.9 Å². The largest absolute Gasteiger partial charge is 0.370 e. The maximum absolute atomic E-state index is 12.8. The normalized spacial score (nSPS) is 13.9. The lowest BCUT2D eigenvalue weighted by Gasteiger charge is -2.22. The number of aryl methyl sites for hydroxylation is 3. The summed E-state index contributed by atoms with van der Waals surface area (Å²) in [5.41, 5.74) is 6.20. The molecule has 29 heavy (non-hydrogen) atoms. The molecule has 2 heterocycles. The molecule has 2 N–H and O–H groups in total. The summed E-state index contributed by atoms with van der Waals surface area (Å²) in [5.74, 6) is 0. The van der Waals surface area contributed by atoms with Crippen molar-refractivity contribution in [2.24, 2.45) is 14.1 Å². The fourth-order valence-corrected chi connectivity index (χ4v) is 4.02. The number of imidazole rings is 1. The molecule has 0 spiro atoms. The Morgan fingerprint density at radius 1 is 0.931 bits per heavy atom. The molecule has 0 bridgehead atoms. The van der Waals surface area contributed by atoms with Gasteiger partial charge >= 0.3 is 11.7 Å². The fourth-order valence-electron chi connectivity index (χ4n) is 4.02. The van der Waals surface area contributed by atoms with Gasteiger partial charge in [0.25, 0.3) is 0 Å². The number of hydrogen-bond acceptors (Lipinski definition) is 3. The van der Waals surface area contributed by atoms with Crippen LogP contribution in [0.3, 0.4) is 0 Å². The molecule has 1 aliphatic rings. The maximum atomic E-state index is 12.8. The van der Waals surface area contributed by atoms with Gasteiger partial charge < -0.3 is 15.5 Å². The van der Waals surface area contributed by atoms with Crippen molar-refractivity contribution >= 4 is 34.1 Å². The summed E-state index contributed by atoms with van der Waals surface area (Å²) in [4.78, 5) is 27.4. The molecule has 4 rings (SSSR count). The van der Waals surface area contributed by atoms with Crippen molar-refractivity contribution in [3.63, 3.8) is 0 Å². The second-order valence-electron chi connectivity index (χ2n) is 7.78. The molecule has 7 nitrogen and oxygen atoms in total. The van der Waals surface area contributed by atoms with E-state index in [1.165, 1.54) is 0 Å². The van der Waals surface area contributed by atoms with E-state index in [1.807, 2.05) is 44.2 Å². The Hall–Kier alpha value is -3.22. The molecule has 1 aromatic heterocycles. The average Bonchev–Trinajstić information content (AvgIpc) is 3.30. The Kier molecular flexibility index (Phi) is 4.82. The van der Waals surface area contributed by atoms with Crippen LogP contribution < -0.4 is 21.2 Å². The van der Waals surface area contributed by atoms with Crippen LogP contribution >= 0.6 is 0 Å². The first kappa shape index (κ1) is 19.1. The summed E-state index contributed by atoms with van der Waals surface area (Å²) in [5, 5.41) is 5.97. The van der Waals surface area contributed by atoms with Crippen LogP contribution in [0.4, 0.5) is 21.9 Å². The summed E-state index contributed by atoms with van der Waals surface area (Å²) in [7, 11) is 3.53. The van der Waals surface area contributed by atoms with Crippen LogP contribution in [0.15, 0.2) is 35.1 Å². The highest BCUT2D eigenvalue weighted by atomic mass is 16.2. The molecule has 2 aromatic carbocycles. The smallest absolute Gasteiger partial charge is 0.328 e. The van der Waals surface area contributed by atoms with Gasteiger partial charge in [0.2, 0.25) is 0 Å². The Bertz CT molecular complexity index is 1150. The molecular formula is C22H27N5O2. The Balaban J connectivity index is 1.72. The average molecular weight is 393 g/mol. The molecule has 3 aromatic rings. The van der Waals surface area contributed by atoms with Crippen LogP contribution in [-0.2, 0) is 14.1 Å². The van der Waals surface area contributed by atoms with Crippen LogP contribution in [-0.4, -0.2) is 28.3 Å². The number of carbonyl (C=O) groups is 1. The molecule has 0 atom stereocenters. The SMILES string of the molecule is Cc1cccc(NC(=O)Nc2cc3c(cc2N2CCCC2)n(C)c(=O)n3C)c1C. The van der Waals surface area contributed by atoms with E-state index >= 15 is 0 Å². The van der Waals surface area contributed by atoms with Crippen molar-refractivity contribution in [2.75, 3.05) is 28.6 Å². The van der Waals surface area contributed by atoms with E-state index < -0.39 is 0 Å². The zero-order chi connectivity index (χ0) is 20.7. The van der Waals surface area contributed by atoms with E-state index in [1.54, 1.807) is 23.2 Å². The van der Waals surface area contributed by atoms with Gasteiger partial charge in [0.1, 0.15) is 0 Å². The monoisotopic (exact) mass is 393 g/mol. The second kappa shape index (κ2) is 7.31. The van der Waals surface area contributed by atoms with Crippen molar-refractivity contribution in [3.05, 3.63) is 51.9 Å². The fraction of sp³-hybridized carbons (Fsp3) is 0.364. The lowest BCUT2D eigenvalue weighted by molar-refractivity contribution is 0.262. The Labute approximate surface area is 169 Å². The quantitative estimate of drug-likeness (QED) is 0.712. The number of hydrogen-bond donors (Lipinski definition) is 2. The van der Waals surface area contributed by atoms with Gasteiger partial charge in [-0.15, -0.1) is 0 Å². The standard InChI is InChI=1S/C22H27N5O2/c1-14-8-7-9-16(15(14)2)23-21(28)24-17-12-19-20(26(4)22(29)25(19)3)13-18(17)27-10-5-6-11-27/h7-9,12-13H,5-6,10-11H2,1-4H3,(H2,23,24,28). The van der Waals surface area contributed by atoms with Gasteiger partial charge in [-0.2, -0.15) is 0 Å². The molecule has 1 aliphatic heterocycles. The molecule has 152 valence electrons. The molecule has 0 aliphatic carbocycles. The van der Waals surface area contributed by atoms with Gasteiger partial charge in [0.15, 0.2) is 0 Å². The first-order valence-corrected chi connectivity index (χ1v) is 9.95. The van der Waals surface area contributed by atoms with E-state index in [2.05, 4.69) is 15.5 Å². The first-order chi connectivity index (χ1) is 13.9. The third-order valence-electron chi connectivity index (χ3n) is 5.94. The summed E-state index contributed by atoms with van der Waals surface area (Å²) >= 11 is 0. The van der Waals surface area contributed by atoms with E-state index in [-0.39, 0.29) is 11.7 Å². The number of anilines is 3. The highest BCUT2D eigenvalue weighted by molar-refractivity contribution is 6.04. The number of fused-ring (bicyclic) bond motifs is 1. The van der Waals surface area contributed by atoms with Gasteiger partial charge in [-0.05, 0) is 56.0 Å². The highest BCUT2D eigenvalue weighted by Crippen LogP contribution is 2.33. The van der Waals surface area contributed by atoms with Gasteiger partial charge in [-0.25, -0.2) is 9.59 Å². The first-order valence-electron chi connectivity index (χ1n) is 9.95. The predicted molar refractivity (Wildman–Crippen MR) is 118 cm³/mol. The number of urea groups is 1. The van der Waals surface area contributed by atoms with Crippen LogP contribution in [0.2, 0.25) is 0 Å². The minimum absolute atomic E-state index is 0.0793. The number of carbonyl (C=O) groups excluding carboxylic acids is 1. The van der Waals surface area contributed by atoms with Gasteiger partial charge in [-0.3, -0.25) is 9.13 Å². The number of rotatable bonds is 3. The van der Waals surface area contributed by atoms with E-state index in [4.69, 9.17) is 0 Å². The van der Waals surface area contributed by atoms with Crippen molar-refractivity contribution in [1.82, 2.24) is 9.13 Å². The summed E-state index contributed by atoms with van der Waals surface area (Å²) in [6.07, 6.45) is 2.25. The Morgan fingerprint density at radius 3 is 2.24 bits per heavy atom. The molecule has 0 unspecified atom stereocenters. The molecule has 1 fully saturated rings. The molecule has 1 saturated heterocycles. The van der Waals surface area contributed by atoms with Crippen LogP contribution in [0.5, 0.6) is 0 Å². The Morgan fingerprint density at radius 2 is 1.55 bits per heavy atom. The highest BCUT2D eigenvalue weighted by Gasteiger charge is 2.20. The summed E-state index contributed by atoms with van der Waals surface area (Å²) in [6.45, 7) is 5.90. The van der Waals surface area contributed by atoms with Crippen LogP contribution in [0, 0.1) is 13.8 Å². The lowest BCUT2D eigenvalue weighted by atomic mass is 10.1. The molecule has 7 heteroatoms. The number of nitrogens with zero attached hydrogens (tertiary/aromatic N) is 3. The zero-order valence-electron chi connectivity index (χ0n) is 17.4. The minimum Gasteiger partial charge on any atom is -0.370 e. The van der Waals surface area contributed by atoms with E-state index in [0.29, 0.717) is 5.69 Å². The van der Waals surface area contributed by atoms with Crippen molar-refractivity contribution < 1.29 is 4.79 Å². The third kappa shape index (κ3) is 3.37. The third-order valence-corrected chi connectivity index (χ3v) is 5.94. The second-order valence-corrected chi connectivity index (χ2v) is 7.78. The number of amides is 2. The molecule has 2 amide bonds. The number of benzene rings is 2. The van der Waals surface area contributed by atoms with E-state index in [9.17, 15) is 9.59 Å². The number of nitrogens with one attached hydrogen (secondary N) is 2. The predicted octanol–water partition coefficient (Wildman–Crippen LogP) is 3.74. The van der Waals surface area contributed by atoms with Gasteiger partial charge in [0.05, 0.1) is 22.4 Å². The number of aromatic nitrogens is 2.